The minimum Gasteiger partial charge on any atom is -0.383 e. The van der Waals surface area contributed by atoms with Gasteiger partial charge in [0.15, 0.2) is 0 Å². The molecule has 0 aromatic carbocycles. The van der Waals surface area contributed by atoms with Gasteiger partial charge in [0.05, 0.1) is 5.44 Å². The molecule has 1 N–H and O–H groups in total. The van der Waals surface area contributed by atoms with Crippen LogP contribution in [0, 0.1) is 0 Å². The summed E-state index contributed by atoms with van der Waals surface area (Å²) < 4.78 is 0. The number of hydrogen-bond donors (Lipinski definition) is 1. The van der Waals surface area contributed by atoms with Gasteiger partial charge >= 0.3 is 0 Å². The second-order valence-electron chi connectivity index (χ2n) is 1.47. The van der Waals surface area contributed by atoms with E-state index in [1.165, 1.54) is 0 Å². The van der Waals surface area contributed by atoms with Gasteiger partial charge in [0.25, 0.3) is 0 Å². The maximum atomic E-state index is 8.65. The van der Waals surface area contributed by atoms with Crippen molar-refractivity contribution in [1.29, 1.82) is 0 Å². The van der Waals surface area contributed by atoms with E-state index in [0.717, 1.165) is 12.2 Å². The zero-order valence-electron chi connectivity index (χ0n) is 4.85. The van der Waals surface area contributed by atoms with Gasteiger partial charge in [0.2, 0.25) is 0 Å². The largest absolute Gasteiger partial charge is 0.383 e. The van der Waals surface area contributed by atoms with Crippen LogP contribution < -0.4 is 0 Å². The lowest BCUT2D eigenvalue weighted by Gasteiger charge is -1.98. The van der Waals surface area contributed by atoms with Gasteiger partial charge in [-0.1, -0.05) is 6.92 Å². The minimum atomic E-state index is -0.181. The van der Waals surface area contributed by atoms with E-state index in [9.17, 15) is 0 Å². The Kier molecular flexibility index (Phi) is 4.67. The van der Waals surface area contributed by atoms with Crippen LogP contribution in [-0.4, -0.2) is 16.3 Å². The smallest absolute Gasteiger partial charge is 0.0964 e. The SMILES string of the molecule is CCCSC(C)O. The third-order valence-electron chi connectivity index (χ3n) is 0.563. The van der Waals surface area contributed by atoms with Crippen LogP contribution in [0.2, 0.25) is 0 Å². The van der Waals surface area contributed by atoms with Gasteiger partial charge in [-0.3, -0.25) is 0 Å². The fraction of sp³-hybridized carbons (Fsp3) is 1.00. The fourth-order valence-corrected chi connectivity index (χ4v) is 0.865. The summed E-state index contributed by atoms with van der Waals surface area (Å²) in [5.74, 6) is 1.07. The highest BCUT2D eigenvalue weighted by atomic mass is 32.2. The van der Waals surface area contributed by atoms with Crippen molar-refractivity contribution < 1.29 is 5.11 Å². The highest BCUT2D eigenvalue weighted by Crippen LogP contribution is 2.06. The topological polar surface area (TPSA) is 20.2 Å². The molecule has 0 aliphatic rings. The first-order valence-electron chi connectivity index (χ1n) is 2.57. The third kappa shape index (κ3) is 6.31. The molecule has 0 aliphatic carbocycles. The number of rotatable bonds is 3. The molecule has 0 aliphatic heterocycles. The molecular weight excluding hydrogens is 108 g/mol. The zero-order chi connectivity index (χ0) is 5.70. The Morgan fingerprint density at radius 3 is 2.43 bits per heavy atom. The summed E-state index contributed by atoms with van der Waals surface area (Å²) in [6, 6.07) is 0. The summed E-state index contributed by atoms with van der Waals surface area (Å²) >= 11 is 1.59. The summed E-state index contributed by atoms with van der Waals surface area (Å²) in [6.45, 7) is 3.90. The molecule has 1 atom stereocenters. The third-order valence-corrected chi connectivity index (χ3v) is 1.69. The first-order chi connectivity index (χ1) is 3.27. The molecule has 0 aromatic heterocycles. The number of hydrogen-bond acceptors (Lipinski definition) is 2. The standard InChI is InChI=1S/C5H12OS/c1-3-4-7-5(2)6/h5-6H,3-4H2,1-2H3. The van der Waals surface area contributed by atoms with E-state index in [1.807, 2.05) is 0 Å². The average molecular weight is 120 g/mol. The lowest BCUT2D eigenvalue weighted by molar-refractivity contribution is 0.284. The Morgan fingerprint density at radius 1 is 1.71 bits per heavy atom. The Balaban J connectivity index is 2.68. The monoisotopic (exact) mass is 120 g/mol. The molecule has 1 nitrogen and oxygen atoms in total. The van der Waals surface area contributed by atoms with Gasteiger partial charge in [-0.05, 0) is 19.1 Å². The Morgan fingerprint density at radius 2 is 2.29 bits per heavy atom. The Bertz CT molecular complexity index is 37.1. The number of aliphatic hydroxyl groups is 1. The van der Waals surface area contributed by atoms with Crippen molar-refractivity contribution in [2.24, 2.45) is 0 Å². The van der Waals surface area contributed by atoms with Gasteiger partial charge in [0, 0.05) is 0 Å². The maximum Gasteiger partial charge on any atom is 0.0964 e. The molecule has 0 rings (SSSR count). The van der Waals surface area contributed by atoms with Crippen LogP contribution in [0.3, 0.4) is 0 Å². The highest BCUT2D eigenvalue weighted by molar-refractivity contribution is 7.99. The first kappa shape index (κ1) is 7.31. The molecule has 44 valence electrons. The van der Waals surface area contributed by atoms with Gasteiger partial charge in [-0.25, -0.2) is 0 Å². The molecule has 0 fully saturated rings. The zero-order valence-corrected chi connectivity index (χ0v) is 5.66. The Labute approximate surface area is 49.1 Å². The van der Waals surface area contributed by atoms with E-state index >= 15 is 0 Å². The molecule has 0 radical (unpaired) electrons. The predicted molar refractivity (Wildman–Crippen MR) is 34.4 cm³/mol. The molecule has 0 spiro atoms. The molecule has 0 bridgehead atoms. The van der Waals surface area contributed by atoms with E-state index in [-0.39, 0.29) is 5.44 Å². The summed E-state index contributed by atoms with van der Waals surface area (Å²) in [4.78, 5) is 0. The molecule has 0 aromatic rings. The van der Waals surface area contributed by atoms with E-state index in [0.29, 0.717) is 0 Å². The average Bonchev–Trinajstić information content (AvgIpc) is 1.61. The lowest BCUT2D eigenvalue weighted by Crippen LogP contribution is -1.92. The van der Waals surface area contributed by atoms with Crippen LogP contribution in [-0.2, 0) is 0 Å². The normalized spacial score (nSPS) is 14.1. The first-order valence-corrected chi connectivity index (χ1v) is 3.62. The van der Waals surface area contributed by atoms with E-state index in [2.05, 4.69) is 6.92 Å². The van der Waals surface area contributed by atoms with Crippen LogP contribution in [0.25, 0.3) is 0 Å². The fourth-order valence-electron chi connectivity index (χ4n) is 0.288. The van der Waals surface area contributed by atoms with Crippen molar-refractivity contribution >= 4 is 11.8 Å². The quantitative estimate of drug-likeness (QED) is 0.569. The number of aliphatic hydroxyl groups excluding tert-OH is 1. The van der Waals surface area contributed by atoms with Crippen molar-refractivity contribution in [2.45, 2.75) is 25.7 Å². The molecule has 1 unspecified atom stereocenters. The second-order valence-corrected chi connectivity index (χ2v) is 2.89. The van der Waals surface area contributed by atoms with Crippen molar-refractivity contribution in [3.63, 3.8) is 0 Å². The molecule has 2 heteroatoms. The van der Waals surface area contributed by atoms with Crippen LogP contribution >= 0.6 is 11.8 Å². The maximum absolute atomic E-state index is 8.65. The second kappa shape index (κ2) is 4.47. The molecule has 0 heterocycles. The molecule has 0 saturated heterocycles. The van der Waals surface area contributed by atoms with Crippen LogP contribution in [0.1, 0.15) is 20.3 Å². The number of thioether (sulfide) groups is 1. The van der Waals surface area contributed by atoms with Crippen LogP contribution in [0.15, 0.2) is 0 Å². The summed E-state index contributed by atoms with van der Waals surface area (Å²) in [6.07, 6.45) is 1.15. The van der Waals surface area contributed by atoms with Crippen molar-refractivity contribution in [1.82, 2.24) is 0 Å². The van der Waals surface area contributed by atoms with E-state index in [1.54, 1.807) is 18.7 Å². The summed E-state index contributed by atoms with van der Waals surface area (Å²) in [7, 11) is 0. The van der Waals surface area contributed by atoms with E-state index < -0.39 is 0 Å². The van der Waals surface area contributed by atoms with Gasteiger partial charge < -0.3 is 5.11 Å². The molecule has 0 saturated carbocycles. The summed E-state index contributed by atoms with van der Waals surface area (Å²) in [5, 5.41) is 8.65. The van der Waals surface area contributed by atoms with Gasteiger partial charge in [-0.15, -0.1) is 11.8 Å². The lowest BCUT2D eigenvalue weighted by atomic mass is 10.6. The summed E-state index contributed by atoms with van der Waals surface area (Å²) in [5.41, 5.74) is -0.181. The van der Waals surface area contributed by atoms with Gasteiger partial charge in [-0.2, -0.15) is 0 Å². The van der Waals surface area contributed by atoms with Crippen molar-refractivity contribution in [3.8, 4) is 0 Å². The van der Waals surface area contributed by atoms with Crippen LogP contribution in [0.4, 0.5) is 0 Å². The predicted octanol–water partition coefficient (Wildman–Crippen LogP) is 1.47. The molecular formula is C5H12OS. The highest BCUT2D eigenvalue weighted by Gasteiger charge is 1.90. The molecule has 0 amide bonds. The van der Waals surface area contributed by atoms with Crippen molar-refractivity contribution in [2.75, 3.05) is 5.75 Å². The molecule has 7 heavy (non-hydrogen) atoms. The Hall–Kier alpha value is 0.310. The van der Waals surface area contributed by atoms with Crippen molar-refractivity contribution in [3.05, 3.63) is 0 Å². The van der Waals surface area contributed by atoms with Crippen LogP contribution in [0.5, 0.6) is 0 Å². The van der Waals surface area contributed by atoms with Gasteiger partial charge in [0.1, 0.15) is 0 Å². The van der Waals surface area contributed by atoms with E-state index in [4.69, 9.17) is 5.11 Å². The minimum absolute atomic E-state index is 0.181.